The third kappa shape index (κ3) is 5.79. The Labute approximate surface area is 220 Å². The first-order valence-electron chi connectivity index (χ1n) is 12.3. The van der Waals surface area contributed by atoms with Crippen LogP contribution in [0.4, 0.5) is 17.1 Å². The van der Waals surface area contributed by atoms with Gasteiger partial charge in [0.25, 0.3) is 11.8 Å². The Balaban J connectivity index is 1.17. The lowest BCUT2D eigenvalue weighted by molar-refractivity contribution is 0.101. The van der Waals surface area contributed by atoms with Crippen molar-refractivity contribution in [2.45, 2.75) is 0 Å². The lowest BCUT2D eigenvalue weighted by atomic mass is 10.0. The fourth-order valence-corrected chi connectivity index (χ4v) is 4.16. The van der Waals surface area contributed by atoms with E-state index in [0.29, 0.717) is 47.0 Å². The molecule has 5 rings (SSSR count). The third-order valence-corrected chi connectivity index (χ3v) is 6.26. The summed E-state index contributed by atoms with van der Waals surface area (Å²) in [7, 11) is 1.74. The second-order valence-corrected chi connectivity index (χ2v) is 8.91. The van der Waals surface area contributed by atoms with Crippen LogP contribution in [-0.4, -0.2) is 53.7 Å². The SMILES string of the molecule is Cn1ccc(C(=O)Nc2ccc(C(=O)c3ccc(NC(=O)c4ccc(N5CCOCC5)cc4)cc3)cc2)n1. The molecule has 0 bridgehead atoms. The van der Waals surface area contributed by atoms with Crippen LogP contribution in [0.5, 0.6) is 0 Å². The van der Waals surface area contributed by atoms with Gasteiger partial charge in [0.05, 0.1) is 13.2 Å². The Hall–Kier alpha value is -4.76. The number of benzene rings is 3. The van der Waals surface area contributed by atoms with Crippen LogP contribution in [-0.2, 0) is 11.8 Å². The molecule has 1 aromatic heterocycles. The topological polar surface area (TPSA) is 106 Å². The number of hydrogen-bond acceptors (Lipinski definition) is 6. The number of amides is 2. The number of hydrogen-bond donors (Lipinski definition) is 2. The Bertz CT molecular complexity index is 1440. The number of anilines is 3. The Morgan fingerprint density at radius 1 is 0.711 bits per heavy atom. The van der Waals surface area contributed by atoms with Gasteiger partial charge >= 0.3 is 0 Å². The van der Waals surface area contributed by atoms with Crippen LogP contribution < -0.4 is 15.5 Å². The van der Waals surface area contributed by atoms with E-state index in [1.807, 2.05) is 12.1 Å². The summed E-state index contributed by atoms with van der Waals surface area (Å²) in [4.78, 5) is 40.1. The summed E-state index contributed by atoms with van der Waals surface area (Å²) in [6.45, 7) is 3.08. The zero-order valence-electron chi connectivity index (χ0n) is 20.9. The maximum atomic E-state index is 12.9. The first-order valence-corrected chi connectivity index (χ1v) is 12.3. The van der Waals surface area contributed by atoms with Crippen LogP contribution in [0.25, 0.3) is 0 Å². The number of carbonyl (C=O) groups excluding carboxylic acids is 3. The summed E-state index contributed by atoms with van der Waals surface area (Å²) in [6, 6.07) is 22.5. The van der Waals surface area contributed by atoms with Gasteiger partial charge in [-0.3, -0.25) is 19.1 Å². The van der Waals surface area contributed by atoms with Gasteiger partial charge in [-0.25, -0.2) is 0 Å². The van der Waals surface area contributed by atoms with Crippen LogP contribution in [0.15, 0.2) is 85.1 Å². The number of aryl methyl sites for hydroxylation is 1. The Kier molecular flexibility index (Phi) is 7.28. The second kappa shape index (κ2) is 11.1. The van der Waals surface area contributed by atoms with Gasteiger partial charge in [0.2, 0.25) is 0 Å². The molecule has 1 saturated heterocycles. The standard InChI is InChI=1S/C29H27N5O4/c1-33-15-14-26(32-33)29(37)31-24-10-4-21(5-11-24)27(35)20-2-8-23(9-3-20)30-28(36)22-6-12-25(13-7-22)34-16-18-38-19-17-34/h2-15H,16-19H2,1H3,(H,30,36)(H,31,37). The van der Waals surface area contributed by atoms with Crippen LogP contribution in [0.1, 0.15) is 36.8 Å². The number of nitrogens with zero attached hydrogens (tertiary/aromatic N) is 3. The van der Waals surface area contributed by atoms with Gasteiger partial charge in [-0.1, -0.05) is 0 Å². The van der Waals surface area contributed by atoms with Gasteiger partial charge in [0.15, 0.2) is 11.5 Å². The van der Waals surface area contributed by atoms with Gasteiger partial charge in [0.1, 0.15) is 0 Å². The van der Waals surface area contributed by atoms with Gasteiger partial charge in [0, 0.05) is 60.1 Å². The largest absolute Gasteiger partial charge is 0.378 e. The number of ether oxygens (including phenoxy) is 1. The summed E-state index contributed by atoms with van der Waals surface area (Å²) in [6.07, 6.45) is 1.69. The van der Waals surface area contributed by atoms with Crippen LogP contribution >= 0.6 is 0 Å². The molecule has 2 amide bonds. The van der Waals surface area contributed by atoms with E-state index in [9.17, 15) is 14.4 Å². The van der Waals surface area contributed by atoms with Crippen LogP contribution in [0, 0.1) is 0 Å². The predicted octanol–water partition coefficient (Wildman–Crippen LogP) is 3.99. The van der Waals surface area contributed by atoms with Gasteiger partial charge in [-0.15, -0.1) is 0 Å². The minimum Gasteiger partial charge on any atom is -0.378 e. The first kappa shape index (κ1) is 24.9. The Morgan fingerprint density at radius 3 is 1.76 bits per heavy atom. The van der Waals surface area contributed by atoms with Crippen molar-refractivity contribution in [3.8, 4) is 0 Å². The molecule has 38 heavy (non-hydrogen) atoms. The average Bonchev–Trinajstić information content (AvgIpc) is 3.40. The van der Waals surface area contributed by atoms with Gasteiger partial charge in [-0.05, 0) is 78.9 Å². The summed E-state index contributed by atoms with van der Waals surface area (Å²) in [5.41, 5.74) is 4.06. The van der Waals surface area contributed by atoms with Crippen molar-refractivity contribution in [2.24, 2.45) is 7.05 Å². The van der Waals surface area contributed by atoms with Crippen molar-refractivity contribution >= 4 is 34.7 Å². The molecule has 9 heteroatoms. The molecule has 0 aliphatic carbocycles. The van der Waals surface area contributed by atoms with Crippen molar-refractivity contribution < 1.29 is 19.1 Å². The predicted molar refractivity (Wildman–Crippen MR) is 145 cm³/mol. The van der Waals surface area contributed by atoms with Crippen LogP contribution in [0.3, 0.4) is 0 Å². The molecule has 0 radical (unpaired) electrons. The number of ketones is 1. The monoisotopic (exact) mass is 509 g/mol. The van der Waals surface area contributed by atoms with Gasteiger partial charge < -0.3 is 20.3 Å². The highest BCUT2D eigenvalue weighted by atomic mass is 16.5. The molecular weight excluding hydrogens is 482 g/mol. The molecule has 1 fully saturated rings. The van der Waals surface area contributed by atoms with Crippen molar-refractivity contribution in [1.29, 1.82) is 0 Å². The molecule has 4 aromatic rings. The smallest absolute Gasteiger partial charge is 0.276 e. The Morgan fingerprint density at radius 2 is 1.24 bits per heavy atom. The van der Waals surface area contributed by atoms with E-state index >= 15 is 0 Å². The molecule has 0 atom stereocenters. The molecule has 3 aromatic carbocycles. The quantitative estimate of drug-likeness (QED) is 0.365. The molecule has 0 unspecified atom stereocenters. The van der Waals surface area contributed by atoms with E-state index in [1.54, 1.807) is 84.7 Å². The van der Waals surface area contributed by atoms with E-state index in [0.717, 1.165) is 18.8 Å². The van der Waals surface area contributed by atoms with Crippen molar-refractivity contribution in [3.05, 3.63) is 107 Å². The lowest BCUT2D eigenvalue weighted by Crippen LogP contribution is -2.36. The maximum absolute atomic E-state index is 12.9. The first-order chi connectivity index (χ1) is 18.5. The average molecular weight is 510 g/mol. The number of rotatable bonds is 7. The minimum absolute atomic E-state index is 0.163. The molecule has 2 N–H and O–H groups in total. The summed E-state index contributed by atoms with van der Waals surface area (Å²) in [5, 5.41) is 9.71. The zero-order valence-corrected chi connectivity index (χ0v) is 20.9. The van der Waals surface area contributed by atoms with Crippen LogP contribution in [0.2, 0.25) is 0 Å². The molecule has 192 valence electrons. The van der Waals surface area contributed by atoms with E-state index in [4.69, 9.17) is 4.74 Å². The molecule has 1 aliphatic rings. The van der Waals surface area contributed by atoms with Crippen molar-refractivity contribution in [1.82, 2.24) is 9.78 Å². The molecule has 1 aliphatic heterocycles. The fourth-order valence-electron chi connectivity index (χ4n) is 4.16. The summed E-state index contributed by atoms with van der Waals surface area (Å²) in [5.74, 6) is -0.708. The van der Waals surface area contributed by atoms with Gasteiger partial charge in [-0.2, -0.15) is 5.10 Å². The minimum atomic E-state index is -0.324. The summed E-state index contributed by atoms with van der Waals surface area (Å²) < 4.78 is 6.94. The molecule has 0 spiro atoms. The highest BCUT2D eigenvalue weighted by Crippen LogP contribution is 2.19. The molecular formula is C29H27N5O4. The van der Waals surface area contributed by atoms with E-state index < -0.39 is 0 Å². The molecule has 9 nitrogen and oxygen atoms in total. The van der Waals surface area contributed by atoms with E-state index in [-0.39, 0.29) is 17.6 Å². The number of aromatic nitrogens is 2. The van der Waals surface area contributed by atoms with E-state index in [2.05, 4.69) is 20.6 Å². The number of morpholine rings is 1. The normalized spacial score (nSPS) is 13.1. The number of carbonyl (C=O) groups is 3. The second-order valence-electron chi connectivity index (χ2n) is 8.91. The summed E-state index contributed by atoms with van der Waals surface area (Å²) >= 11 is 0. The zero-order chi connectivity index (χ0) is 26.5. The molecule has 0 saturated carbocycles. The van der Waals surface area contributed by atoms with Crippen molar-refractivity contribution in [3.63, 3.8) is 0 Å². The highest BCUT2D eigenvalue weighted by molar-refractivity contribution is 6.10. The third-order valence-electron chi connectivity index (χ3n) is 6.26. The molecule has 2 heterocycles. The van der Waals surface area contributed by atoms with Crippen molar-refractivity contribution in [2.75, 3.05) is 41.8 Å². The highest BCUT2D eigenvalue weighted by Gasteiger charge is 2.14. The fraction of sp³-hybridized carbons (Fsp3) is 0.172. The lowest BCUT2D eigenvalue weighted by Gasteiger charge is -2.28. The number of nitrogens with one attached hydrogen (secondary N) is 2. The van der Waals surface area contributed by atoms with E-state index in [1.165, 1.54) is 0 Å². The maximum Gasteiger partial charge on any atom is 0.276 e.